The Kier molecular flexibility index (Phi) is 4.08. The summed E-state index contributed by atoms with van der Waals surface area (Å²) in [7, 11) is 0. The van der Waals surface area contributed by atoms with Gasteiger partial charge in [0.1, 0.15) is 17.3 Å². The fourth-order valence-electron chi connectivity index (χ4n) is 4.42. The summed E-state index contributed by atoms with van der Waals surface area (Å²) in [5.41, 5.74) is 4.39. The van der Waals surface area contributed by atoms with Gasteiger partial charge in [-0.2, -0.15) is 5.10 Å². The minimum Gasteiger partial charge on any atom is -0.288 e. The summed E-state index contributed by atoms with van der Waals surface area (Å²) >= 11 is 0. The van der Waals surface area contributed by atoms with Crippen LogP contribution in [0.2, 0.25) is 0 Å². The van der Waals surface area contributed by atoms with Gasteiger partial charge in [0.15, 0.2) is 11.5 Å². The molecular formula is C21H17F3N4O. The van der Waals surface area contributed by atoms with Gasteiger partial charge in [0, 0.05) is 23.2 Å². The lowest BCUT2D eigenvalue weighted by Gasteiger charge is -2.25. The fourth-order valence-corrected chi connectivity index (χ4v) is 4.42. The van der Waals surface area contributed by atoms with Gasteiger partial charge < -0.3 is 0 Å². The predicted molar refractivity (Wildman–Crippen MR) is 101 cm³/mol. The third-order valence-corrected chi connectivity index (χ3v) is 5.74. The zero-order valence-electron chi connectivity index (χ0n) is 15.3. The van der Waals surface area contributed by atoms with Crippen LogP contribution in [0.25, 0.3) is 0 Å². The number of halogens is 3. The molecule has 5 nitrogen and oxygen atoms in total. The van der Waals surface area contributed by atoms with E-state index in [4.69, 9.17) is 0 Å². The molecule has 0 saturated heterocycles. The second-order valence-corrected chi connectivity index (χ2v) is 7.43. The van der Waals surface area contributed by atoms with Crippen LogP contribution >= 0.6 is 0 Å². The lowest BCUT2D eigenvalue weighted by Crippen LogP contribution is -2.38. The van der Waals surface area contributed by atoms with Crippen LogP contribution in [-0.2, 0) is 0 Å². The van der Waals surface area contributed by atoms with Crippen molar-refractivity contribution in [3.63, 3.8) is 0 Å². The van der Waals surface area contributed by atoms with E-state index in [-0.39, 0.29) is 23.0 Å². The molecule has 2 bridgehead atoms. The zero-order valence-corrected chi connectivity index (χ0v) is 15.3. The van der Waals surface area contributed by atoms with Crippen LogP contribution in [0, 0.1) is 17.5 Å². The number of aromatic nitrogens is 2. The molecular weight excluding hydrogens is 381 g/mol. The SMILES string of the molecule is O=C(c1n[nH]c2c1C1CCC2C1)N(Nc1ccccc1F)c1ccc(F)cc1F. The minimum absolute atomic E-state index is 0.0155. The highest BCUT2D eigenvalue weighted by atomic mass is 19.1. The molecule has 1 aromatic heterocycles. The first kappa shape index (κ1) is 17.8. The molecule has 0 radical (unpaired) electrons. The van der Waals surface area contributed by atoms with Crippen molar-refractivity contribution < 1.29 is 18.0 Å². The van der Waals surface area contributed by atoms with Crippen LogP contribution in [0.3, 0.4) is 0 Å². The molecule has 148 valence electrons. The highest BCUT2D eigenvalue weighted by Gasteiger charge is 2.43. The summed E-state index contributed by atoms with van der Waals surface area (Å²) < 4.78 is 42.2. The summed E-state index contributed by atoms with van der Waals surface area (Å²) in [5.74, 6) is -2.37. The molecule has 3 aromatic rings. The van der Waals surface area contributed by atoms with E-state index in [9.17, 15) is 18.0 Å². The van der Waals surface area contributed by atoms with Crippen molar-refractivity contribution in [2.45, 2.75) is 31.1 Å². The Morgan fingerprint density at radius 2 is 1.86 bits per heavy atom. The number of benzene rings is 2. The van der Waals surface area contributed by atoms with E-state index in [0.717, 1.165) is 47.7 Å². The highest BCUT2D eigenvalue weighted by molar-refractivity contribution is 6.07. The topological polar surface area (TPSA) is 61.0 Å². The Morgan fingerprint density at radius 3 is 2.66 bits per heavy atom. The van der Waals surface area contributed by atoms with Crippen molar-refractivity contribution in [3.8, 4) is 0 Å². The number of rotatable bonds is 4. The molecule has 29 heavy (non-hydrogen) atoms. The first-order chi connectivity index (χ1) is 14.0. The number of nitrogens with zero attached hydrogens (tertiary/aromatic N) is 2. The van der Waals surface area contributed by atoms with E-state index >= 15 is 0 Å². The maximum absolute atomic E-state index is 14.5. The number of para-hydroxylation sites is 1. The third kappa shape index (κ3) is 2.86. The number of anilines is 2. The van der Waals surface area contributed by atoms with Crippen molar-refractivity contribution in [1.82, 2.24) is 10.2 Å². The Bertz CT molecular complexity index is 1110. The zero-order chi connectivity index (χ0) is 20.1. The van der Waals surface area contributed by atoms with E-state index in [2.05, 4.69) is 15.6 Å². The number of carbonyl (C=O) groups is 1. The highest BCUT2D eigenvalue weighted by Crippen LogP contribution is 2.53. The van der Waals surface area contributed by atoms with Gasteiger partial charge in [-0.15, -0.1) is 0 Å². The van der Waals surface area contributed by atoms with E-state index in [1.54, 1.807) is 6.07 Å². The largest absolute Gasteiger partial charge is 0.297 e. The van der Waals surface area contributed by atoms with Crippen LogP contribution in [0.5, 0.6) is 0 Å². The summed E-state index contributed by atoms with van der Waals surface area (Å²) in [6, 6.07) is 8.58. The normalized spacial score (nSPS) is 19.3. The molecule has 2 atom stereocenters. The molecule has 1 saturated carbocycles. The molecule has 2 aliphatic carbocycles. The average Bonchev–Trinajstić information content (AvgIpc) is 3.41. The number of H-pyrrole nitrogens is 1. The molecule has 1 heterocycles. The van der Waals surface area contributed by atoms with E-state index < -0.39 is 23.4 Å². The smallest absolute Gasteiger partial charge is 0.288 e. The van der Waals surface area contributed by atoms with Crippen molar-refractivity contribution in [3.05, 3.63) is 76.9 Å². The van der Waals surface area contributed by atoms with Crippen molar-refractivity contribution in [1.29, 1.82) is 0 Å². The number of aromatic amines is 1. The first-order valence-corrected chi connectivity index (χ1v) is 9.41. The lowest BCUT2D eigenvalue weighted by molar-refractivity contribution is 0.0985. The summed E-state index contributed by atoms with van der Waals surface area (Å²) in [6.07, 6.45) is 3.00. The summed E-state index contributed by atoms with van der Waals surface area (Å²) in [6.45, 7) is 0. The molecule has 1 fully saturated rings. The van der Waals surface area contributed by atoms with Gasteiger partial charge >= 0.3 is 0 Å². The number of amides is 1. The quantitative estimate of drug-likeness (QED) is 0.617. The second-order valence-electron chi connectivity index (χ2n) is 7.43. The van der Waals surface area contributed by atoms with Gasteiger partial charge in [-0.05, 0) is 49.4 Å². The number of hydrogen-bond acceptors (Lipinski definition) is 3. The van der Waals surface area contributed by atoms with Crippen LogP contribution in [-0.4, -0.2) is 16.1 Å². The predicted octanol–water partition coefficient (Wildman–Crippen LogP) is 4.87. The molecule has 8 heteroatoms. The minimum atomic E-state index is -0.948. The van der Waals surface area contributed by atoms with Gasteiger partial charge in [-0.25, -0.2) is 18.2 Å². The number of fused-ring (bicyclic) bond motifs is 5. The Hall–Kier alpha value is -3.29. The number of hydrogen-bond donors (Lipinski definition) is 2. The van der Waals surface area contributed by atoms with Gasteiger partial charge in [0.05, 0.1) is 5.69 Å². The van der Waals surface area contributed by atoms with Crippen molar-refractivity contribution in [2.75, 3.05) is 10.4 Å². The van der Waals surface area contributed by atoms with Gasteiger partial charge in [0.2, 0.25) is 0 Å². The lowest BCUT2D eigenvalue weighted by atomic mass is 9.95. The van der Waals surface area contributed by atoms with Crippen LogP contribution in [0.4, 0.5) is 24.5 Å². The fraction of sp³-hybridized carbons (Fsp3) is 0.238. The Labute approximate surface area is 164 Å². The van der Waals surface area contributed by atoms with Crippen LogP contribution < -0.4 is 10.4 Å². The number of carbonyl (C=O) groups excluding carboxylic acids is 1. The molecule has 1 amide bonds. The van der Waals surface area contributed by atoms with Gasteiger partial charge in [-0.3, -0.25) is 15.3 Å². The average molecular weight is 398 g/mol. The molecule has 5 rings (SSSR count). The Balaban J connectivity index is 1.58. The third-order valence-electron chi connectivity index (χ3n) is 5.74. The summed E-state index contributed by atoms with van der Waals surface area (Å²) in [5, 5.41) is 8.03. The van der Waals surface area contributed by atoms with Gasteiger partial charge in [0.25, 0.3) is 5.91 Å². The first-order valence-electron chi connectivity index (χ1n) is 9.41. The maximum Gasteiger partial charge on any atom is 0.297 e. The number of nitrogens with one attached hydrogen (secondary N) is 2. The van der Waals surface area contributed by atoms with E-state index in [0.29, 0.717) is 12.0 Å². The molecule has 0 spiro atoms. The molecule has 2 unspecified atom stereocenters. The molecule has 0 aliphatic heterocycles. The van der Waals surface area contributed by atoms with E-state index in [1.807, 2.05) is 0 Å². The molecule has 2 N–H and O–H groups in total. The number of hydrazine groups is 1. The summed E-state index contributed by atoms with van der Waals surface area (Å²) in [4.78, 5) is 13.4. The second kappa shape index (κ2) is 6.65. The van der Waals surface area contributed by atoms with Gasteiger partial charge in [-0.1, -0.05) is 12.1 Å². The molecule has 2 aromatic carbocycles. The Morgan fingerprint density at radius 1 is 1.07 bits per heavy atom. The van der Waals surface area contributed by atoms with E-state index in [1.165, 1.54) is 18.2 Å². The van der Waals surface area contributed by atoms with Crippen molar-refractivity contribution >= 4 is 17.3 Å². The van der Waals surface area contributed by atoms with Crippen molar-refractivity contribution in [2.24, 2.45) is 0 Å². The van der Waals surface area contributed by atoms with Crippen LogP contribution in [0.1, 0.15) is 52.8 Å². The maximum atomic E-state index is 14.5. The monoisotopic (exact) mass is 398 g/mol. The van der Waals surface area contributed by atoms with Crippen LogP contribution in [0.15, 0.2) is 42.5 Å². The molecule has 2 aliphatic rings. The standard InChI is InChI=1S/C21H17F3N4O/c22-13-7-8-17(15(24)10-13)28(27-16-4-2-1-3-14(16)23)21(29)20-18-11-5-6-12(9-11)19(18)25-26-20/h1-4,7-8,10-12,27H,5-6,9H2,(H,25,26).